The van der Waals surface area contributed by atoms with Crippen LogP contribution in [-0.4, -0.2) is 53.6 Å². The quantitative estimate of drug-likeness (QED) is 0.396. The molecule has 2 heterocycles. The zero-order chi connectivity index (χ0) is 25.9. The number of imidazole rings is 1. The van der Waals surface area contributed by atoms with Gasteiger partial charge in [-0.05, 0) is 63.4 Å². The molecule has 1 N–H and O–H groups in total. The molecule has 9 nitrogen and oxygen atoms in total. The van der Waals surface area contributed by atoms with E-state index in [1.165, 1.54) is 19.2 Å². The summed E-state index contributed by atoms with van der Waals surface area (Å²) in [6.45, 7) is 7.26. The van der Waals surface area contributed by atoms with E-state index in [9.17, 15) is 14.0 Å². The van der Waals surface area contributed by atoms with Gasteiger partial charge in [0.1, 0.15) is 17.2 Å². The van der Waals surface area contributed by atoms with E-state index in [1.54, 1.807) is 24.3 Å². The van der Waals surface area contributed by atoms with Gasteiger partial charge in [0, 0.05) is 25.2 Å². The molecular weight excluding hydrogens is 467 g/mol. The first kappa shape index (κ1) is 25.3. The average molecular weight is 499 g/mol. The maximum Gasteiger partial charge on any atom is 0.513 e. The lowest BCUT2D eigenvalue weighted by Crippen LogP contribution is -2.49. The molecule has 1 amide bonds. The number of nitrogens with one attached hydrogen (secondary N) is 1. The van der Waals surface area contributed by atoms with Gasteiger partial charge in [0.25, 0.3) is 0 Å². The molecule has 2 aromatic carbocycles. The van der Waals surface area contributed by atoms with Gasteiger partial charge in [-0.1, -0.05) is 12.1 Å². The lowest BCUT2D eigenvalue weighted by atomic mass is 10.1. The molecule has 1 aliphatic heterocycles. The Labute approximate surface area is 209 Å². The number of carbonyl (C=O) groups is 2. The fourth-order valence-electron chi connectivity index (χ4n) is 4.22. The van der Waals surface area contributed by atoms with Crippen LogP contribution in [0.2, 0.25) is 0 Å². The molecule has 1 saturated heterocycles. The lowest BCUT2D eigenvalue weighted by molar-refractivity contribution is 0.0499. The van der Waals surface area contributed by atoms with Crippen molar-refractivity contribution in [1.29, 1.82) is 0 Å². The third-order valence-electron chi connectivity index (χ3n) is 5.75. The third kappa shape index (κ3) is 6.24. The highest BCUT2D eigenvalue weighted by Gasteiger charge is 2.27. The maximum atomic E-state index is 13.5. The Morgan fingerprint density at radius 1 is 1.17 bits per heavy atom. The second-order valence-electron chi connectivity index (χ2n) is 9.76. The molecule has 36 heavy (non-hydrogen) atoms. The summed E-state index contributed by atoms with van der Waals surface area (Å²) in [5, 5.41) is 2.97. The highest BCUT2D eigenvalue weighted by Crippen LogP contribution is 2.29. The van der Waals surface area contributed by atoms with Gasteiger partial charge < -0.3 is 29.0 Å². The van der Waals surface area contributed by atoms with Gasteiger partial charge in [-0.3, -0.25) is 0 Å². The van der Waals surface area contributed by atoms with Crippen LogP contribution in [-0.2, 0) is 16.0 Å². The van der Waals surface area contributed by atoms with Crippen LogP contribution in [0.5, 0.6) is 5.75 Å². The molecule has 1 aromatic heterocycles. The molecule has 0 radical (unpaired) electrons. The molecule has 4 rings (SSSR count). The number of aromatic nitrogens is 2. The first-order valence-corrected chi connectivity index (χ1v) is 11.9. The minimum absolute atomic E-state index is 0.106. The van der Waals surface area contributed by atoms with E-state index in [4.69, 9.17) is 14.5 Å². The number of ether oxygens (including phenoxy) is 3. The van der Waals surface area contributed by atoms with E-state index in [2.05, 4.69) is 15.0 Å². The summed E-state index contributed by atoms with van der Waals surface area (Å²) in [5.41, 5.74) is 1.79. The Balaban J connectivity index is 1.64. The molecule has 0 spiro atoms. The van der Waals surface area contributed by atoms with Gasteiger partial charge in [-0.25, -0.2) is 19.0 Å². The van der Waals surface area contributed by atoms with E-state index < -0.39 is 17.8 Å². The number of benzene rings is 2. The second kappa shape index (κ2) is 10.4. The highest BCUT2D eigenvalue weighted by molar-refractivity contribution is 5.81. The normalized spacial score (nSPS) is 16.0. The Morgan fingerprint density at radius 3 is 2.61 bits per heavy atom. The van der Waals surface area contributed by atoms with Crippen LogP contribution >= 0.6 is 0 Å². The molecule has 0 bridgehead atoms. The molecule has 192 valence electrons. The molecular formula is C26H31FN4O5. The number of rotatable bonds is 5. The summed E-state index contributed by atoms with van der Waals surface area (Å²) in [5.74, 6) is 0.724. The van der Waals surface area contributed by atoms with Crippen molar-refractivity contribution in [3.05, 3.63) is 53.8 Å². The molecule has 1 unspecified atom stereocenters. The van der Waals surface area contributed by atoms with Gasteiger partial charge in [0.2, 0.25) is 5.95 Å². The van der Waals surface area contributed by atoms with Crippen LogP contribution < -0.4 is 15.0 Å². The van der Waals surface area contributed by atoms with E-state index >= 15 is 0 Å². The fraction of sp³-hybridized carbons (Fsp3) is 0.423. The van der Waals surface area contributed by atoms with Gasteiger partial charge in [0.15, 0.2) is 0 Å². The van der Waals surface area contributed by atoms with Crippen molar-refractivity contribution >= 4 is 29.2 Å². The second-order valence-corrected chi connectivity index (χ2v) is 9.76. The summed E-state index contributed by atoms with van der Waals surface area (Å²) in [4.78, 5) is 30.9. The van der Waals surface area contributed by atoms with Crippen molar-refractivity contribution in [2.24, 2.45) is 0 Å². The maximum absolute atomic E-state index is 13.5. The number of anilines is 1. The molecule has 0 aliphatic carbocycles. The number of fused-ring (bicyclic) bond motifs is 1. The van der Waals surface area contributed by atoms with Crippen molar-refractivity contribution in [2.45, 2.75) is 51.8 Å². The van der Waals surface area contributed by atoms with Crippen LogP contribution in [0.1, 0.15) is 39.2 Å². The Bertz CT molecular complexity index is 1240. The first-order valence-electron chi connectivity index (χ1n) is 11.9. The van der Waals surface area contributed by atoms with E-state index in [-0.39, 0.29) is 11.9 Å². The fourth-order valence-corrected chi connectivity index (χ4v) is 4.22. The third-order valence-corrected chi connectivity index (χ3v) is 5.75. The van der Waals surface area contributed by atoms with Gasteiger partial charge in [-0.2, -0.15) is 0 Å². The Morgan fingerprint density at radius 2 is 1.92 bits per heavy atom. The number of alkyl carbamates (subject to hydrolysis) is 1. The summed E-state index contributed by atoms with van der Waals surface area (Å²) < 4.78 is 30.7. The SMILES string of the molecule is COC(=O)Oc1ccc2c(c1)nc(N1CCCC(NC(=O)OC(C)(C)C)C1)n2Cc1ccc(F)cc1. The van der Waals surface area contributed by atoms with E-state index in [0.29, 0.717) is 30.3 Å². The summed E-state index contributed by atoms with van der Waals surface area (Å²) in [6, 6.07) is 11.4. The summed E-state index contributed by atoms with van der Waals surface area (Å²) >= 11 is 0. The highest BCUT2D eigenvalue weighted by atomic mass is 19.1. The number of methoxy groups -OCH3 is 1. The monoisotopic (exact) mass is 498 g/mol. The van der Waals surface area contributed by atoms with E-state index in [0.717, 1.165) is 30.5 Å². The van der Waals surface area contributed by atoms with Gasteiger partial charge in [0.05, 0.1) is 24.7 Å². The molecule has 1 atom stereocenters. The van der Waals surface area contributed by atoms with Crippen molar-refractivity contribution in [1.82, 2.24) is 14.9 Å². The minimum Gasteiger partial charge on any atom is -0.444 e. The largest absolute Gasteiger partial charge is 0.513 e. The number of hydrogen-bond donors (Lipinski definition) is 1. The standard InChI is InChI=1S/C26H31FN4O5/c1-26(2,3)36-24(32)28-19-6-5-13-30(16-19)23-29-21-14-20(35-25(33)34-4)11-12-22(21)31(23)15-17-7-9-18(27)10-8-17/h7-12,14,19H,5-6,13,15-16H2,1-4H3,(H,28,32). The topological polar surface area (TPSA) is 94.9 Å². The first-order chi connectivity index (χ1) is 17.1. The van der Waals surface area contributed by atoms with Crippen molar-refractivity contribution < 1.29 is 28.2 Å². The molecule has 1 fully saturated rings. The van der Waals surface area contributed by atoms with Gasteiger partial charge in [-0.15, -0.1) is 0 Å². The number of piperidine rings is 1. The van der Waals surface area contributed by atoms with Crippen molar-refractivity contribution in [3.8, 4) is 5.75 Å². The predicted octanol–water partition coefficient (Wildman–Crippen LogP) is 4.86. The van der Waals surface area contributed by atoms with Crippen LogP contribution in [0, 0.1) is 5.82 Å². The van der Waals surface area contributed by atoms with Crippen LogP contribution in [0.3, 0.4) is 0 Å². The Hall–Kier alpha value is -3.82. The number of amides is 1. The van der Waals surface area contributed by atoms with Crippen molar-refractivity contribution in [3.63, 3.8) is 0 Å². The lowest BCUT2D eigenvalue weighted by Gasteiger charge is -2.34. The van der Waals surface area contributed by atoms with Crippen LogP contribution in [0.4, 0.5) is 19.9 Å². The number of nitrogens with zero attached hydrogens (tertiary/aromatic N) is 3. The van der Waals surface area contributed by atoms with Crippen LogP contribution in [0.15, 0.2) is 42.5 Å². The van der Waals surface area contributed by atoms with Crippen molar-refractivity contribution in [2.75, 3.05) is 25.1 Å². The Kier molecular flexibility index (Phi) is 7.32. The number of hydrogen-bond acceptors (Lipinski definition) is 7. The average Bonchev–Trinajstić information content (AvgIpc) is 3.17. The van der Waals surface area contributed by atoms with Crippen LogP contribution in [0.25, 0.3) is 11.0 Å². The van der Waals surface area contributed by atoms with E-state index in [1.807, 2.05) is 31.4 Å². The smallest absolute Gasteiger partial charge is 0.444 e. The zero-order valence-electron chi connectivity index (χ0n) is 20.9. The zero-order valence-corrected chi connectivity index (χ0v) is 20.9. The predicted molar refractivity (Wildman–Crippen MR) is 133 cm³/mol. The molecule has 3 aromatic rings. The molecule has 10 heteroatoms. The molecule has 1 aliphatic rings. The van der Waals surface area contributed by atoms with Gasteiger partial charge >= 0.3 is 12.2 Å². The molecule has 0 saturated carbocycles. The number of carbonyl (C=O) groups excluding carboxylic acids is 2. The summed E-state index contributed by atoms with van der Waals surface area (Å²) in [6.07, 6.45) is 0.424. The minimum atomic E-state index is -0.813. The summed E-state index contributed by atoms with van der Waals surface area (Å²) in [7, 11) is 1.24. The number of halogens is 1.